The molecule has 0 radical (unpaired) electrons. The SMILES string of the molecule is O=C(CCCCO)C(O)(c1ccccc1)c1ccccc1. The smallest absolute Gasteiger partial charge is 0.173 e. The molecule has 0 aromatic heterocycles. The zero-order valence-electron chi connectivity index (χ0n) is 11.9. The summed E-state index contributed by atoms with van der Waals surface area (Å²) in [6, 6.07) is 18.0. The predicted molar refractivity (Wildman–Crippen MR) is 81.8 cm³/mol. The number of aliphatic hydroxyl groups excluding tert-OH is 1. The second-order valence-corrected chi connectivity index (χ2v) is 5.05. The molecule has 0 spiro atoms. The van der Waals surface area contributed by atoms with Gasteiger partial charge in [0.2, 0.25) is 0 Å². The minimum Gasteiger partial charge on any atom is -0.396 e. The predicted octanol–water partition coefficient (Wildman–Crippen LogP) is 2.65. The van der Waals surface area contributed by atoms with Crippen molar-refractivity contribution in [2.45, 2.75) is 24.9 Å². The van der Waals surface area contributed by atoms with E-state index >= 15 is 0 Å². The van der Waals surface area contributed by atoms with Crippen LogP contribution in [-0.2, 0) is 10.4 Å². The van der Waals surface area contributed by atoms with Gasteiger partial charge in [0.05, 0.1) is 0 Å². The molecule has 0 aliphatic rings. The number of hydrogen-bond acceptors (Lipinski definition) is 3. The quantitative estimate of drug-likeness (QED) is 0.769. The molecule has 3 heteroatoms. The molecule has 2 rings (SSSR count). The third-order valence-electron chi connectivity index (χ3n) is 3.60. The molecule has 2 aromatic carbocycles. The van der Waals surface area contributed by atoms with Gasteiger partial charge < -0.3 is 10.2 Å². The van der Waals surface area contributed by atoms with Gasteiger partial charge in [0, 0.05) is 13.0 Å². The molecule has 0 aliphatic carbocycles. The lowest BCUT2D eigenvalue weighted by Crippen LogP contribution is -2.37. The van der Waals surface area contributed by atoms with Crippen molar-refractivity contribution in [2.24, 2.45) is 0 Å². The van der Waals surface area contributed by atoms with E-state index in [1.54, 1.807) is 24.3 Å². The second kappa shape index (κ2) is 7.16. The van der Waals surface area contributed by atoms with Crippen LogP contribution in [0, 0.1) is 0 Å². The Morgan fingerprint density at radius 3 is 1.76 bits per heavy atom. The van der Waals surface area contributed by atoms with Crippen LogP contribution in [-0.4, -0.2) is 22.6 Å². The van der Waals surface area contributed by atoms with E-state index < -0.39 is 5.60 Å². The fourth-order valence-corrected chi connectivity index (χ4v) is 2.43. The Kier molecular flexibility index (Phi) is 5.26. The number of hydrogen-bond donors (Lipinski definition) is 2. The van der Waals surface area contributed by atoms with E-state index in [0.717, 1.165) is 0 Å². The van der Waals surface area contributed by atoms with Crippen LogP contribution in [0.15, 0.2) is 60.7 Å². The average Bonchev–Trinajstić information content (AvgIpc) is 2.56. The molecule has 0 heterocycles. The maximum Gasteiger partial charge on any atom is 0.173 e. The summed E-state index contributed by atoms with van der Waals surface area (Å²) in [5.41, 5.74) is -0.478. The van der Waals surface area contributed by atoms with Crippen molar-refractivity contribution in [3.63, 3.8) is 0 Å². The molecule has 0 saturated heterocycles. The topological polar surface area (TPSA) is 57.5 Å². The molecular formula is C18H20O3. The van der Waals surface area contributed by atoms with Gasteiger partial charge >= 0.3 is 0 Å². The number of benzene rings is 2. The van der Waals surface area contributed by atoms with Gasteiger partial charge in [-0.15, -0.1) is 0 Å². The zero-order valence-corrected chi connectivity index (χ0v) is 11.9. The van der Waals surface area contributed by atoms with Gasteiger partial charge in [0.25, 0.3) is 0 Å². The van der Waals surface area contributed by atoms with E-state index in [2.05, 4.69) is 0 Å². The highest BCUT2D eigenvalue weighted by atomic mass is 16.3. The number of ketones is 1. The minimum absolute atomic E-state index is 0.0579. The Morgan fingerprint density at radius 1 is 0.857 bits per heavy atom. The Balaban J connectivity index is 2.38. The summed E-state index contributed by atoms with van der Waals surface area (Å²) in [6.45, 7) is 0.0579. The Hall–Kier alpha value is -1.97. The lowest BCUT2D eigenvalue weighted by molar-refractivity contribution is -0.134. The van der Waals surface area contributed by atoms with Crippen molar-refractivity contribution < 1.29 is 15.0 Å². The third-order valence-corrected chi connectivity index (χ3v) is 3.60. The lowest BCUT2D eigenvalue weighted by atomic mass is 9.81. The van der Waals surface area contributed by atoms with Crippen LogP contribution in [0.2, 0.25) is 0 Å². The van der Waals surface area contributed by atoms with Crippen molar-refractivity contribution in [1.29, 1.82) is 0 Å². The number of carbonyl (C=O) groups is 1. The molecule has 0 amide bonds. The van der Waals surface area contributed by atoms with Crippen LogP contribution >= 0.6 is 0 Å². The molecule has 2 N–H and O–H groups in total. The molecule has 110 valence electrons. The molecule has 2 aromatic rings. The Labute approximate surface area is 124 Å². The summed E-state index contributed by atoms with van der Waals surface area (Å²) in [5.74, 6) is -0.242. The fraction of sp³-hybridized carbons (Fsp3) is 0.278. The number of unbranched alkanes of at least 4 members (excludes halogenated alkanes) is 1. The van der Waals surface area contributed by atoms with Crippen LogP contribution in [0.3, 0.4) is 0 Å². The van der Waals surface area contributed by atoms with E-state index in [0.29, 0.717) is 24.0 Å². The lowest BCUT2D eigenvalue weighted by Gasteiger charge is -2.28. The second-order valence-electron chi connectivity index (χ2n) is 5.05. The van der Waals surface area contributed by atoms with Crippen LogP contribution in [0.25, 0.3) is 0 Å². The number of Topliss-reactive ketones (excluding diaryl/α,β-unsaturated/α-hetero) is 1. The highest BCUT2D eigenvalue weighted by Crippen LogP contribution is 2.32. The van der Waals surface area contributed by atoms with Gasteiger partial charge in [-0.3, -0.25) is 4.79 Å². The van der Waals surface area contributed by atoms with E-state index in [1.165, 1.54) is 0 Å². The van der Waals surface area contributed by atoms with Crippen molar-refractivity contribution in [3.8, 4) is 0 Å². The van der Waals surface area contributed by atoms with Crippen LogP contribution in [0.4, 0.5) is 0 Å². The Bertz CT molecular complexity index is 524. The largest absolute Gasteiger partial charge is 0.396 e. The van der Waals surface area contributed by atoms with E-state index in [4.69, 9.17) is 5.11 Å². The first kappa shape index (κ1) is 15.4. The highest BCUT2D eigenvalue weighted by molar-refractivity contribution is 5.91. The molecular weight excluding hydrogens is 264 g/mol. The monoisotopic (exact) mass is 284 g/mol. The third kappa shape index (κ3) is 3.38. The molecule has 3 nitrogen and oxygen atoms in total. The fourth-order valence-electron chi connectivity index (χ4n) is 2.43. The summed E-state index contributed by atoms with van der Waals surface area (Å²) in [6.07, 6.45) is 1.36. The van der Waals surface area contributed by atoms with E-state index in [1.807, 2.05) is 36.4 Å². The van der Waals surface area contributed by atoms with Crippen molar-refractivity contribution in [1.82, 2.24) is 0 Å². The van der Waals surface area contributed by atoms with Crippen molar-refractivity contribution in [2.75, 3.05) is 6.61 Å². The van der Waals surface area contributed by atoms with Gasteiger partial charge in [-0.2, -0.15) is 0 Å². The molecule has 21 heavy (non-hydrogen) atoms. The maximum atomic E-state index is 12.6. The number of rotatable bonds is 7. The molecule has 0 atom stereocenters. The van der Waals surface area contributed by atoms with E-state index in [9.17, 15) is 9.90 Å². The highest BCUT2D eigenvalue weighted by Gasteiger charge is 2.38. The maximum absolute atomic E-state index is 12.6. The zero-order chi connectivity index (χ0) is 15.1. The minimum atomic E-state index is -1.63. The van der Waals surface area contributed by atoms with Crippen LogP contribution in [0.5, 0.6) is 0 Å². The number of aliphatic hydroxyl groups is 2. The summed E-state index contributed by atoms with van der Waals surface area (Å²) < 4.78 is 0. The molecule has 0 saturated carbocycles. The number of carbonyl (C=O) groups excluding carboxylic acids is 1. The first-order chi connectivity index (χ1) is 10.2. The average molecular weight is 284 g/mol. The molecule has 0 bridgehead atoms. The first-order valence-corrected chi connectivity index (χ1v) is 7.17. The summed E-state index contributed by atoms with van der Waals surface area (Å²) in [5, 5.41) is 20.0. The van der Waals surface area contributed by atoms with E-state index in [-0.39, 0.29) is 18.8 Å². The summed E-state index contributed by atoms with van der Waals surface area (Å²) in [7, 11) is 0. The standard InChI is InChI=1S/C18H20O3/c19-14-8-7-13-17(20)18(21,15-9-3-1-4-10-15)16-11-5-2-6-12-16/h1-6,9-12,19,21H,7-8,13-14H2. The van der Waals surface area contributed by atoms with Crippen molar-refractivity contribution in [3.05, 3.63) is 71.8 Å². The van der Waals surface area contributed by atoms with Gasteiger partial charge in [0.15, 0.2) is 11.4 Å². The van der Waals surface area contributed by atoms with Gasteiger partial charge in [-0.25, -0.2) is 0 Å². The van der Waals surface area contributed by atoms with Gasteiger partial charge in [-0.05, 0) is 24.0 Å². The van der Waals surface area contributed by atoms with Gasteiger partial charge in [0.1, 0.15) is 0 Å². The summed E-state index contributed by atoms with van der Waals surface area (Å²) in [4.78, 5) is 12.6. The molecule has 0 aliphatic heterocycles. The van der Waals surface area contributed by atoms with Crippen LogP contribution in [0.1, 0.15) is 30.4 Å². The molecule has 0 fully saturated rings. The van der Waals surface area contributed by atoms with Crippen LogP contribution < -0.4 is 0 Å². The van der Waals surface area contributed by atoms with Crippen molar-refractivity contribution >= 4 is 5.78 Å². The Morgan fingerprint density at radius 2 is 1.33 bits per heavy atom. The summed E-state index contributed by atoms with van der Waals surface area (Å²) >= 11 is 0. The first-order valence-electron chi connectivity index (χ1n) is 7.17. The van der Waals surface area contributed by atoms with Gasteiger partial charge in [-0.1, -0.05) is 60.7 Å². The normalized spacial score (nSPS) is 11.3. The molecule has 0 unspecified atom stereocenters.